The molecule has 0 aliphatic carbocycles. The molecule has 1 heterocycles. The first-order valence-electron chi connectivity index (χ1n) is 1.93. The molecule has 0 spiro atoms. The summed E-state index contributed by atoms with van der Waals surface area (Å²) in [4.78, 5) is 0. The third-order valence-corrected chi connectivity index (χ3v) is 1.78. The first-order chi connectivity index (χ1) is 3.72. The van der Waals surface area contributed by atoms with Gasteiger partial charge in [-0.25, -0.2) is 4.21 Å². The highest BCUT2D eigenvalue weighted by Gasteiger charge is 2.14. The maximum Gasteiger partial charge on any atom is 0.189 e. The number of aliphatic hydroxyl groups is 2. The maximum absolute atomic E-state index is 10.4. The van der Waals surface area contributed by atoms with Gasteiger partial charge in [0.15, 0.2) is 21.0 Å². The summed E-state index contributed by atoms with van der Waals surface area (Å²) in [6.45, 7) is 0. The van der Waals surface area contributed by atoms with E-state index < -0.39 is 10.8 Å². The van der Waals surface area contributed by atoms with Gasteiger partial charge in [-0.2, -0.15) is 0 Å². The summed E-state index contributed by atoms with van der Waals surface area (Å²) in [5.41, 5.74) is 0. The van der Waals surface area contributed by atoms with E-state index in [0.29, 0.717) is 0 Å². The van der Waals surface area contributed by atoms with Crippen LogP contribution in [0.1, 0.15) is 0 Å². The fourth-order valence-electron chi connectivity index (χ4n) is 0.373. The molecule has 0 unspecified atom stereocenters. The fourth-order valence-corrected chi connectivity index (χ4v) is 0.971. The monoisotopic (exact) mass is 132 g/mol. The predicted molar refractivity (Wildman–Crippen MR) is 29.6 cm³/mol. The van der Waals surface area contributed by atoms with Gasteiger partial charge in [0.1, 0.15) is 0 Å². The van der Waals surface area contributed by atoms with Crippen LogP contribution in [0.4, 0.5) is 0 Å². The quantitative estimate of drug-likeness (QED) is 0.506. The van der Waals surface area contributed by atoms with E-state index in [2.05, 4.69) is 0 Å². The zero-order chi connectivity index (χ0) is 6.15. The smallest absolute Gasteiger partial charge is 0.189 e. The normalized spacial score (nSPS) is 20.5. The summed E-state index contributed by atoms with van der Waals surface area (Å²) in [5.74, 6) is 0. The van der Waals surface area contributed by atoms with Crippen LogP contribution in [0.5, 0.6) is 0 Å². The van der Waals surface area contributed by atoms with Crippen molar-refractivity contribution in [1.82, 2.24) is 0 Å². The topological polar surface area (TPSA) is 57.5 Å². The highest BCUT2D eigenvalue weighted by molar-refractivity contribution is 7.92. The van der Waals surface area contributed by atoms with Gasteiger partial charge in [-0.1, -0.05) is 0 Å². The first kappa shape index (κ1) is 5.37. The van der Waals surface area contributed by atoms with Crippen molar-refractivity contribution in [2.24, 2.45) is 0 Å². The Balaban J connectivity index is 2.92. The van der Waals surface area contributed by atoms with Crippen molar-refractivity contribution in [1.29, 1.82) is 0 Å². The molecule has 0 radical (unpaired) electrons. The summed E-state index contributed by atoms with van der Waals surface area (Å²) in [7, 11) is -1.68. The zero-order valence-corrected chi connectivity index (χ0v) is 4.68. The van der Waals surface area contributed by atoms with Crippen LogP contribution >= 0.6 is 0 Å². The molecule has 0 fully saturated rings. The number of hydrogen-bond acceptors (Lipinski definition) is 3. The molecule has 0 aromatic carbocycles. The highest BCUT2D eigenvalue weighted by Crippen LogP contribution is 2.13. The SMILES string of the molecule is O=S1C(O)=CC=C1O. The van der Waals surface area contributed by atoms with Crippen molar-refractivity contribution in [3.63, 3.8) is 0 Å². The van der Waals surface area contributed by atoms with Gasteiger partial charge in [0.25, 0.3) is 0 Å². The van der Waals surface area contributed by atoms with E-state index in [4.69, 9.17) is 10.2 Å². The minimum atomic E-state index is -1.68. The highest BCUT2D eigenvalue weighted by atomic mass is 32.2. The van der Waals surface area contributed by atoms with Crippen LogP contribution in [0.3, 0.4) is 0 Å². The molecule has 8 heavy (non-hydrogen) atoms. The van der Waals surface area contributed by atoms with E-state index in [1.54, 1.807) is 0 Å². The van der Waals surface area contributed by atoms with Crippen LogP contribution in [0.15, 0.2) is 22.3 Å². The molecule has 0 aromatic heterocycles. The standard InChI is InChI=1S/C4H4O3S/c5-3-1-2-4(6)8(3)7/h1-2,5-6H. The molecular weight excluding hydrogens is 128 g/mol. The second-order valence-electron chi connectivity index (χ2n) is 1.28. The van der Waals surface area contributed by atoms with Crippen LogP contribution in [0.25, 0.3) is 0 Å². The predicted octanol–water partition coefficient (Wildman–Crippen LogP) is 0.547. The van der Waals surface area contributed by atoms with Gasteiger partial charge in [0.05, 0.1) is 0 Å². The van der Waals surface area contributed by atoms with E-state index in [9.17, 15) is 4.21 Å². The van der Waals surface area contributed by atoms with Crippen LogP contribution in [-0.2, 0) is 10.8 Å². The third kappa shape index (κ3) is 0.626. The second kappa shape index (κ2) is 1.63. The molecule has 0 bridgehead atoms. The van der Waals surface area contributed by atoms with E-state index in [1.807, 2.05) is 0 Å². The summed E-state index contributed by atoms with van der Waals surface area (Å²) in [5, 5.41) is 16.5. The van der Waals surface area contributed by atoms with Gasteiger partial charge < -0.3 is 10.2 Å². The molecule has 0 atom stereocenters. The van der Waals surface area contributed by atoms with Crippen LogP contribution in [0.2, 0.25) is 0 Å². The Morgan fingerprint density at radius 2 is 1.62 bits per heavy atom. The van der Waals surface area contributed by atoms with Crippen molar-refractivity contribution in [3.8, 4) is 0 Å². The van der Waals surface area contributed by atoms with Gasteiger partial charge in [0, 0.05) is 0 Å². The first-order valence-corrected chi connectivity index (χ1v) is 3.08. The zero-order valence-electron chi connectivity index (χ0n) is 3.87. The lowest BCUT2D eigenvalue weighted by Gasteiger charge is -1.87. The summed E-state index contributed by atoms with van der Waals surface area (Å²) < 4.78 is 10.4. The van der Waals surface area contributed by atoms with E-state index in [0.717, 1.165) is 0 Å². The van der Waals surface area contributed by atoms with Crippen LogP contribution in [0, 0.1) is 0 Å². The third-order valence-electron chi connectivity index (χ3n) is 0.748. The average Bonchev–Trinajstić information content (AvgIpc) is 1.98. The maximum atomic E-state index is 10.4. The molecule has 0 aromatic rings. The molecule has 3 nitrogen and oxygen atoms in total. The van der Waals surface area contributed by atoms with Gasteiger partial charge in [-0.15, -0.1) is 0 Å². The minimum Gasteiger partial charge on any atom is -0.500 e. The molecule has 1 aliphatic rings. The lowest BCUT2D eigenvalue weighted by molar-refractivity contribution is 0.438. The van der Waals surface area contributed by atoms with Crippen LogP contribution in [-0.4, -0.2) is 14.4 Å². The number of aliphatic hydroxyl groups excluding tert-OH is 2. The molecule has 0 saturated carbocycles. The van der Waals surface area contributed by atoms with Gasteiger partial charge in [0.2, 0.25) is 0 Å². The second-order valence-corrected chi connectivity index (χ2v) is 2.65. The molecule has 1 aliphatic heterocycles. The Morgan fingerprint density at radius 1 is 1.25 bits per heavy atom. The molecule has 0 saturated heterocycles. The molecule has 2 N–H and O–H groups in total. The molecule has 0 amide bonds. The van der Waals surface area contributed by atoms with E-state index in [1.165, 1.54) is 12.2 Å². The Morgan fingerprint density at radius 3 is 1.75 bits per heavy atom. The minimum absolute atomic E-state index is 0.289. The summed E-state index contributed by atoms with van der Waals surface area (Å²) in [6.07, 6.45) is 2.40. The van der Waals surface area contributed by atoms with Gasteiger partial charge in [-0.05, 0) is 12.2 Å². The Bertz CT molecular complexity index is 171. The molecule has 4 heteroatoms. The fraction of sp³-hybridized carbons (Fsp3) is 0. The molecule has 1 rings (SSSR count). The van der Waals surface area contributed by atoms with Crippen molar-refractivity contribution in [2.45, 2.75) is 0 Å². The lowest BCUT2D eigenvalue weighted by atomic mass is 10.6. The van der Waals surface area contributed by atoms with Gasteiger partial charge in [-0.3, -0.25) is 0 Å². The van der Waals surface area contributed by atoms with E-state index in [-0.39, 0.29) is 10.2 Å². The number of hydrogen-bond donors (Lipinski definition) is 2. The lowest BCUT2D eigenvalue weighted by Crippen LogP contribution is -1.90. The largest absolute Gasteiger partial charge is 0.500 e. The Kier molecular flexibility index (Phi) is 1.09. The van der Waals surface area contributed by atoms with Crippen molar-refractivity contribution in [3.05, 3.63) is 22.3 Å². The summed E-state index contributed by atoms with van der Waals surface area (Å²) in [6, 6.07) is 0. The van der Waals surface area contributed by atoms with Crippen molar-refractivity contribution < 1.29 is 14.4 Å². The Hall–Kier alpha value is -0.770. The molecule has 44 valence electrons. The number of rotatable bonds is 0. The summed E-state index contributed by atoms with van der Waals surface area (Å²) >= 11 is 0. The molecular formula is C4H4O3S. The van der Waals surface area contributed by atoms with Gasteiger partial charge >= 0.3 is 0 Å². The van der Waals surface area contributed by atoms with E-state index >= 15 is 0 Å². The Labute approximate surface area is 48.4 Å². The average molecular weight is 132 g/mol. The number of allylic oxidation sites excluding steroid dienone is 2. The van der Waals surface area contributed by atoms with Crippen molar-refractivity contribution in [2.75, 3.05) is 0 Å². The van der Waals surface area contributed by atoms with Crippen molar-refractivity contribution >= 4 is 10.8 Å². The van der Waals surface area contributed by atoms with Crippen LogP contribution < -0.4 is 0 Å².